The number of carbonyl (C=O) groups excluding carboxylic acids is 4. The maximum Gasteiger partial charge on any atom is 0.303 e. The number of nitrogens with one attached hydrogen (secondary N) is 1. The molecule has 13 nitrogen and oxygen atoms in total. The number of benzene rings is 1. The van der Waals surface area contributed by atoms with Gasteiger partial charge in [0.25, 0.3) is 5.91 Å². The van der Waals surface area contributed by atoms with Gasteiger partial charge in [-0.05, 0) is 39.8 Å². The lowest BCUT2D eigenvalue weighted by Gasteiger charge is -2.47. The number of rotatable bonds is 7. The number of ether oxygens (including phenoxy) is 4. The zero-order chi connectivity index (χ0) is 29.5. The minimum Gasteiger partial charge on any atom is -0.463 e. The fourth-order valence-corrected chi connectivity index (χ4v) is 5.25. The molecule has 1 aromatic carbocycles. The third-order valence-corrected chi connectivity index (χ3v) is 7.54. The van der Waals surface area contributed by atoms with E-state index in [9.17, 15) is 19.2 Å². The molecule has 0 saturated carbocycles. The molecule has 0 aliphatic carbocycles. The highest BCUT2D eigenvalue weighted by Crippen LogP contribution is 2.59. The van der Waals surface area contributed by atoms with E-state index >= 15 is 0 Å². The van der Waals surface area contributed by atoms with Gasteiger partial charge in [0.2, 0.25) is 0 Å². The molecule has 3 heterocycles. The molecular formula is C27H31N5O8. The largest absolute Gasteiger partial charge is 0.463 e. The number of esters is 3. The first kappa shape index (κ1) is 28.6. The Morgan fingerprint density at radius 1 is 0.875 bits per heavy atom. The number of amides is 1. The molecule has 40 heavy (non-hydrogen) atoms. The molecule has 0 radical (unpaired) electrons. The van der Waals surface area contributed by atoms with Crippen LogP contribution in [0.1, 0.15) is 58.8 Å². The topological polar surface area (TPSA) is 161 Å². The summed E-state index contributed by atoms with van der Waals surface area (Å²) >= 11 is 0. The van der Waals surface area contributed by atoms with E-state index in [-0.39, 0.29) is 23.6 Å². The average molecular weight is 554 g/mol. The molecule has 4 rings (SSSR count). The minimum atomic E-state index is -1.72. The maximum atomic E-state index is 12.8. The number of hydrogen-bond donors (Lipinski definition) is 1. The van der Waals surface area contributed by atoms with Crippen molar-refractivity contribution >= 4 is 40.8 Å². The molecule has 1 N–H and O–H groups in total. The van der Waals surface area contributed by atoms with Crippen molar-refractivity contribution in [3.63, 3.8) is 0 Å². The van der Waals surface area contributed by atoms with Crippen molar-refractivity contribution in [1.29, 1.82) is 0 Å². The van der Waals surface area contributed by atoms with Crippen molar-refractivity contribution in [2.45, 2.75) is 71.0 Å². The van der Waals surface area contributed by atoms with Crippen LogP contribution in [-0.2, 0) is 39.1 Å². The summed E-state index contributed by atoms with van der Waals surface area (Å²) in [5.74, 6) is -2.20. The van der Waals surface area contributed by atoms with E-state index in [4.69, 9.17) is 18.9 Å². The summed E-state index contributed by atoms with van der Waals surface area (Å²) in [7, 11) is 0. The summed E-state index contributed by atoms with van der Waals surface area (Å²) in [4.78, 5) is 62.5. The highest BCUT2D eigenvalue weighted by atomic mass is 16.7. The Kier molecular flexibility index (Phi) is 7.13. The van der Waals surface area contributed by atoms with Gasteiger partial charge in [-0.15, -0.1) is 0 Å². The van der Waals surface area contributed by atoms with Gasteiger partial charge in [0.05, 0.1) is 6.33 Å². The molecule has 4 unspecified atom stereocenters. The molecule has 1 aliphatic rings. The van der Waals surface area contributed by atoms with E-state index in [1.165, 1.54) is 38.0 Å². The van der Waals surface area contributed by atoms with E-state index in [1.54, 1.807) is 58.0 Å². The molecule has 1 saturated heterocycles. The molecule has 0 spiro atoms. The van der Waals surface area contributed by atoms with Crippen LogP contribution < -0.4 is 5.32 Å². The van der Waals surface area contributed by atoms with Crippen LogP contribution in [0.4, 0.5) is 5.82 Å². The summed E-state index contributed by atoms with van der Waals surface area (Å²) in [6.45, 7) is 9.63. The molecule has 212 valence electrons. The molecule has 0 bridgehead atoms. The molecular weight excluding hydrogens is 522 g/mol. The summed E-state index contributed by atoms with van der Waals surface area (Å²) in [6, 6.07) is 8.58. The Balaban J connectivity index is 1.88. The summed E-state index contributed by atoms with van der Waals surface area (Å²) in [5, 5.41) is 2.74. The number of imidazole rings is 1. The van der Waals surface area contributed by atoms with Crippen molar-refractivity contribution < 1.29 is 38.1 Å². The van der Waals surface area contributed by atoms with E-state index in [1.807, 2.05) is 0 Å². The Hall–Kier alpha value is -4.39. The molecule has 13 heteroatoms. The summed E-state index contributed by atoms with van der Waals surface area (Å²) in [5.41, 5.74) is -5.70. The monoisotopic (exact) mass is 553 g/mol. The normalized spacial score (nSPS) is 27.7. The number of carbonyl (C=O) groups is 4. The second-order valence-corrected chi connectivity index (χ2v) is 10.2. The highest BCUT2D eigenvalue weighted by molar-refractivity contribution is 6.06. The van der Waals surface area contributed by atoms with Crippen LogP contribution in [-0.4, -0.2) is 66.7 Å². The molecule has 3 aromatic rings. The van der Waals surface area contributed by atoms with Gasteiger partial charge in [0.15, 0.2) is 33.9 Å². The van der Waals surface area contributed by atoms with Crippen LogP contribution in [0.25, 0.3) is 11.2 Å². The fraction of sp³-hybridized carbons (Fsp3) is 0.444. The zero-order valence-electron chi connectivity index (χ0n) is 23.3. The Bertz CT molecular complexity index is 1490. The Morgan fingerprint density at radius 3 is 2.10 bits per heavy atom. The SMILES string of the molecule is CC(=O)OCC1(C)OC(C)(n2cnc3c(NC(=O)c4ccccc4)ncnc32)C(C)(OC(C)=O)C1(C)OC(C)=O. The number of nitrogens with zero attached hydrogens (tertiary/aromatic N) is 4. The lowest BCUT2D eigenvalue weighted by Crippen LogP contribution is -2.66. The molecule has 4 atom stereocenters. The highest BCUT2D eigenvalue weighted by Gasteiger charge is 2.78. The van der Waals surface area contributed by atoms with E-state index in [0.29, 0.717) is 5.56 Å². The number of fused-ring (bicyclic) bond motifs is 1. The van der Waals surface area contributed by atoms with Crippen LogP contribution in [0.2, 0.25) is 0 Å². The van der Waals surface area contributed by atoms with Gasteiger partial charge in [-0.3, -0.25) is 23.7 Å². The summed E-state index contributed by atoms with van der Waals surface area (Å²) in [6.07, 6.45) is 2.64. The summed E-state index contributed by atoms with van der Waals surface area (Å²) < 4.78 is 25.2. The van der Waals surface area contributed by atoms with Gasteiger partial charge >= 0.3 is 17.9 Å². The van der Waals surface area contributed by atoms with Crippen molar-refractivity contribution in [1.82, 2.24) is 19.5 Å². The fourth-order valence-electron chi connectivity index (χ4n) is 5.25. The third-order valence-electron chi connectivity index (χ3n) is 7.54. The van der Waals surface area contributed by atoms with Crippen molar-refractivity contribution in [3.8, 4) is 0 Å². The van der Waals surface area contributed by atoms with Crippen LogP contribution in [0.5, 0.6) is 0 Å². The first-order valence-electron chi connectivity index (χ1n) is 12.4. The van der Waals surface area contributed by atoms with Gasteiger partial charge in [-0.1, -0.05) is 18.2 Å². The van der Waals surface area contributed by atoms with Crippen molar-refractivity contribution in [2.24, 2.45) is 0 Å². The first-order valence-corrected chi connectivity index (χ1v) is 12.4. The van der Waals surface area contributed by atoms with Crippen molar-refractivity contribution in [3.05, 3.63) is 48.5 Å². The first-order chi connectivity index (χ1) is 18.7. The number of anilines is 1. The Morgan fingerprint density at radius 2 is 1.50 bits per heavy atom. The van der Waals surface area contributed by atoms with E-state index in [2.05, 4.69) is 20.3 Å². The smallest absolute Gasteiger partial charge is 0.303 e. The zero-order valence-corrected chi connectivity index (χ0v) is 23.3. The van der Waals surface area contributed by atoms with E-state index < -0.39 is 46.3 Å². The van der Waals surface area contributed by atoms with Gasteiger partial charge in [0.1, 0.15) is 18.5 Å². The van der Waals surface area contributed by atoms with E-state index in [0.717, 1.165) is 0 Å². The molecule has 1 fully saturated rings. The van der Waals surface area contributed by atoms with Gasteiger partial charge in [-0.25, -0.2) is 15.0 Å². The van der Waals surface area contributed by atoms with Gasteiger partial charge in [-0.2, -0.15) is 0 Å². The molecule has 1 aliphatic heterocycles. The van der Waals surface area contributed by atoms with Crippen LogP contribution in [0.3, 0.4) is 0 Å². The third kappa shape index (κ3) is 4.45. The van der Waals surface area contributed by atoms with Gasteiger partial charge in [0, 0.05) is 26.3 Å². The number of aromatic nitrogens is 4. The average Bonchev–Trinajstić information content (AvgIpc) is 3.36. The minimum absolute atomic E-state index is 0.138. The van der Waals surface area contributed by atoms with Crippen LogP contribution >= 0.6 is 0 Å². The standard InChI is InChI=1S/C27H31N5O8/c1-16(33)37-13-24(4)25(5,38-17(2)34)26(6,39-18(3)35)27(7,40-24)32-15-30-20-21(28-14-29-22(20)32)31-23(36)19-11-9-8-10-12-19/h8-12,14-15H,13H2,1-7H3,(H,28,29,31,36). The molecule has 2 aromatic heterocycles. The van der Waals surface area contributed by atoms with Crippen molar-refractivity contribution in [2.75, 3.05) is 11.9 Å². The second-order valence-electron chi connectivity index (χ2n) is 10.2. The quantitative estimate of drug-likeness (QED) is 0.338. The predicted molar refractivity (Wildman–Crippen MR) is 140 cm³/mol. The predicted octanol–water partition coefficient (Wildman–Crippen LogP) is 2.75. The molecule has 1 amide bonds. The van der Waals surface area contributed by atoms with Crippen LogP contribution in [0, 0.1) is 0 Å². The second kappa shape index (κ2) is 9.97. The Labute approximate surface area is 230 Å². The van der Waals surface area contributed by atoms with Gasteiger partial charge < -0.3 is 24.3 Å². The lowest BCUT2D eigenvalue weighted by molar-refractivity contribution is -0.223. The van der Waals surface area contributed by atoms with Crippen LogP contribution in [0.15, 0.2) is 43.0 Å². The lowest BCUT2D eigenvalue weighted by atomic mass is 9.72. The maximum absolute atomic E-state index is 12.8. The number of hydrogen-bond acceptors (Lipinski definition) is 11.